The Balaban J connectivity index is 2.09. The molecule has 1 fully saturated rings. The zero-order chi connectivity index (χ0) is 17.8. The van der Waals surface area contributed by atoms with Gasteiger partial charge in [-0.25, -0.2) is 4.79 Å². The minimum atomic E-state index is -1.86. The predicted octanol–water partition coefficient (Wildman–Crippen LogP) is 3.73. The van der Waals surface area contributed by atoms with E-state index >= 15 is 0 Å². The number of hydrogen-bond acceptors (Lipinski definition) is 4. The SMILES string of the molecule is [2H]C([2H])(Oc1ccn(C(=O)OC(C)(C)C)n1)C1C(C)(C)C1(C)C. The molecule has 21 heavy (non-hydrogen) atoms. The molecule has 0 bridgehead atoms. The lowest BCUT2D eigenvalue weighted by Gasteiger charge is -2.18. The Morgan fingerprint density at radius 1 is 1.38 bits per heavy atom. The average Bonchev–Trinajstić information content (AvgIpc) is 2.64. The van der Waals surface area contributed by atoms with E-state index in [-0.39, 0.29) is 22.6 Å². The zero-order valence-electron chi connectivity index (χ0n) is 15.9. The topological polar surface area (TPSA) is 53.4 Å². The van der Waals surface area contributed by atoms with Gasteiger partial charge in [0.05, 0.1) is 9.30 Å². The Labute approximate surface area is 129 Å². The summed E-state index contributed by atoms with van der Waals surface area (Å²) in [5.74, 6) is -0.187. The minimum Gasteiger partial charge on any atom is -0.476 e. The molecule has 118 valence electrons. The maximum Gasteiger partial charge on any atom is 0.435 e. The minimum absolute atomic E-state index is 0.0689. The summed E-state index contributed by atoms with van der Waals surface area (Å²) in [6, 6.07) is 1.46. The van der Waals surface area contributed by atoms with Crippen LogP contribution in [0.25, 0.3) is 0 Å². The van der Waals surface area contributed by atoms with Crippen LogP contribution in [-0.4, -0.2) is 28.0 Å². The first kappa shape index (κ1) is 13.2. The molecule has 1 aliphatic rings. The summed E-state index contributed by atoms with van der Waals surface area (Å²) in [4.78, 5) is 11.9. The largest absolute Gasteiger partial charge is 0.476 e. The summed E-state index contributed by atoms with van der Waals surface area (Å²) in [7, 11) is 0. The van der Waals surface area contributed by atoms with Crippen molar-refractivity contribution < 1.29 is 17.0 Å². The van der Waals surface area contributed by atoms with Crippen molar-refractivity contribution in [3.63, 3.8) is 0 Å². The van der Waals surface area contributed by atoms with Gasteiger partial charge in [-0.1, -0.05) is 27.7 Å². The summed E-state index contributed by atoms with van der Waals surface area (Å²) in [6.07, 6.45) is 0.780. The third-order valence-electron chi connectivity index (χ3n) is 4.45. The first-order valence-electron chi connectivity index (χ1n) is 8.16. The standard InChI is InChI=1S/C16H26N2O3/c1-14(2,3)21-13(19)18-9-8-12(17-18)20-10-11-15(4,5)16(11,6)7/h8-9,11H,10H2,1-7H3/i10D2. The number of nitrogens with zero attached hydrogens (tertiary/aromatic N) is 2. The maximum absolute atomic E-state index is 11.9. The van der Waals surface area contributed by atoms with Gasteiger partial charge in [0.2, 0.25) is 5.88 Å². The van der Waals surface area contributed by atoms with Crippen LogP contribution in [0.2, 0.25) is 0 Å². The van der Waals surface area contributed by atoms with E-state index in [9.17, 15) is 4.79 Å². The van der Waals surface area contributed by atoms with Crippen LogP contribution < -0.4 is 4.74 Å². The Morgan fingerprint density at radius 2 is 1.95 bits per heavy atom. The Hall–Kier alpha value is -1.52. The lowest BCUT2D eigenvalue weighted by Crippen LogP contribution is -2.27. The fourth-order valence-corrected chi connectivity index (χ4v) is 2.38. The molecule has 0 spiro atoms. The molecule has 5 heteroatoms. The van der Waals surface area contributed by atoms with Crippen molar-refractivity contribution >= 4 is 6.09 Å². The van der Waals surface area contributed by atoms with Crippen molar-refractivity contribution in [1.29, 1.82) is 0 Å². The quantitative estimate of drug-likeness (QED) is 0.853. The molecule has 0 aromatic carbocycles. The van der Waals surface area contributed by atoms with Crippen molar-refractivity contribution in [2.45, 2.75) is 54.1 Å². The smallest absolute Gasteiger partial charge is 0.435 e. The molecule has 1 heterocycles. The summed E-state index contributed by atoms with van der Waals surface area (Å²) in [5.41, 5.74) is -0.949. The predicted molar refractivity (Wildman–Crippen MR) is 80.4 cm³/mol. The van der Waals surface area contributed by atoms with E-state index in [0.29, 0.717) is 0 Å². The van der Waals surface area contributed by atoms with Gasteiger partial charge in [-0.3, -0.25) is 0 Å². The normalized spacial score (nSPS) is 22.2. The number of carbonyl (C=O) groups is 1. The lowest BCUT2D eigenvalue weighted by molar-refractivity contribution is 0.0511. The van der Waals surface area contributed by atoms with Crippen LogP contribution in [-0.2, 0) is 4.74 Å². The molecule has 1 aromatic heterocycles. The average molecular weight is 296 g/mol. The molecule has 0 saturated heterocycles. The molecule has 0 amide bonds. The van der Waals surface area contributed by atoms with E-state index in [1.165, 1.54) is 12.3 Å². The van der Waals surface area contributed by atoms with Crippen LogP contribution >= 0.6 is 0 Å². The van der Waals surface area contributed by atoms with E-state index in [0.717, 1.165) is 4.68 Å². The highest BCUT2D eigenvalue weighted by molar-refractivity contribution is 5.69. The van der Waals surface area contributed by atoms with Gasteiger partial charge in [0.25, 0.3) is 0 Å². The molecule has 0 unspecified atom stereocenters. The molecule has 0 atom stereocenters. The number of hydrogen-bond donors (Lipinski definition) is 0. The van der Waals surface area contributed by atoms with Crippen LogP contribution in [0.4, 0.5) is 4.79 Å². The third-order valence-corrected chi connectivity index (χ3v) is 4.45. The number of aromatic nitrogens is 2. The van der Waals surface area contributed by atoms with Crippen molar-refractivity contribution in [1.82, 2.24) is 9.78 Å². The van der Waals surface area contributed by atoms with Gasteiger partial charge in [-0.15, -0.1) is 5.10 Å². The Kier molecular flexibility index (Phi) is 2.98. The van der Waals surface area contributed by atoms with Gasteiger partial charge >= 0.3 is 6.09 Å². The van der Waals surface area contributed by atoms with Crippen molar-refractivity contribution in [2.24, 2.45) is 16.7 Å². The molecule has 0 N–H and O–H groups in total. The van der Waals surface area contributed by atoms with Crippen LogP contribution in [0.5, 0.6) is 5.88 Å². The zero-order valence-corrected chi connectivity index (χ0v) is 13.9. The molecule has 2 rings (SSSR count). The Bertz CT molecular complexity index is 601. The first-order valence-corrected chi connectivity index (χ1v) is 7.16. The van der Waals surface area contributed by atoms with Gasteiger partial charge < -0.3 is 9.47 Å². The molecule has 0 radical (unpaired) electrons. The van der Waals surface area contributed by atoms with Crippen molar-refractivity contribution in [2.75, 3.05) is 6.56 Å². The monoisotopic (exact) mass is 296 g/mol. The fraction of sp³-hybridized carbons (Fsp3) is 0.750. The second kappa shape index (κ2) is 4.75. The molecule has 5 nitrogen and oxygen atoms in total. The molecule has 0 aliphatic heterocycles. The van der Waals surface area contributed by atoms with Gasteiger partial charge in [-0.05, 0) is 31.6 Å². The van der Waals surface area contributed by atoms with Crippen LogP contribution in [0.1, 0.15) is 51.2 Å². The van der Waals surface area contributed by atoms with Crippen molar-refractivity contribution in [3.05, 3.63) is 12.3 Å². The lowest BCUT2D eigenvalue weighted by atomic mass is 10.0. The van der Waals surface area contributed by atoms with E-state index < -0.39 is 18.3 Å². The first-order chi connectivity index (χ1) is 10.2. The molecular weight excluding hydrogens is 268 g/mol. The molecular formula is C16H26N2O3. The van der Waals surface area contributed by atoms with E-state index in [1.54, 1.807) is 20.8 Å². The second-order valence-electron chi connectivity index (χ2n) is 7.68. The van der Waals surface area contributed by atoms with Crippen LogP contribution in [0.15, 0.2) is 12.3 Å². The van der Waals surface area contributed by atoms with E-state index in [4.69, 9.17) is 12.2 Å². The van der Waals surface area contributed by atoms with Gasteiger partial charge in [-0.2, -0.15) is 4.68 Å². The maximum atomic E-state index is 11.9. The fourth-order valence-electron chi connectivity index (χ4n) is 2.38. The van der Waals surface area contributed by atoms with Crippen LogP contribution in [0.3, 0.4) is 0 Å². The highest BCUT2D eigenvalue weighted by Gasteiger charge is 2.64. The van der Waals surface area contributed by atoms with Gasteiger partial charge in [0, 0.05) is 18.2 Å². The number of ether oxygens (including phenoxy) is 2. The highest BCUT2D eigenvalue weighted by Crippen LogP contribution is 2.68. The molecule has 1 aromatic rings. The number of rotatable bonds is 3. The summed E-state index contributed by atoms with van der Waals surface area (Å²) in [5, 5.41) is 3.97. The Morgan fingerprint density at radius 3 is 2.43 bits per heavy atom. The second-order valence-corrected chi connectivity index (χ2v) is 7.68. The van der Waals surface area contributed by atoms with Gasteiger partial charge in [0.1, 0.15) is 5.60 Å². The van der Waals surface area contributed by atoms with E-state index in [1.807, 2.05) is 27.7 Å². The summed E-state index contributed by atoms with van der Waals surface area (Å²) >= 11 is 0. The highest BCUT2D eigenvalue weighted by atomic mass is 16.6. The molecule has 1 aliphatic carbocycles. The van der Waals surface area contributed by atoms with E-state index in [2.05, 4.69) is 5.10 Å². The van der Waals surface area contributed by atoms with Crippen molar-refractivity contribution in [3.8, 4) is 5.88 Å². The third kappa shape index (κ3) is 3.06. The van der Waals surface area contributed by atoms with Gasteiger partial charge in [0.15, 0.2) is 0 Å². The molecule has 1 saturated carbocycles. The van der Waals surface area contributed by atoms with Crippen LogP contribution in [0, 0.1) is 16.7 Å². The summed E-state index contributed by atoms with van der Waals surface area (Å²) < 4.78 is 28.1. The number of carbonyl (C=O) groups excluding carboxylic acids is 1. The summed E-state index contributed by atoms with van der Waals surface area (Å²) in [6.45, 7) is 11.5.